The molecule has 1 aromatic heterocycles. The molecule has 0 spiro atoms. The van der Waals surface area contributed by atoms with Gasteiger partial charge in [0.25, 0.3) is 0 Å². The Bertz CT molecular complexity index is 770. The molecule has 21 heavy (non-hydrogen) atoms. The number of amides is 1. The fourth-order valence-electron chi connectivity index (χ4n) is 2.28. The SMILES string of the molecule is C=C(C)CC(C)C(=O)Nc1cc2sc(=O)n(C)c2cc1C. The molecule has 1 atom stereocenters. The van der Waals surface area contributed by atoms with E-state index in [0.717, 1.165) is 27.0 Å². The van der Waals surface area contributed by atoms with Crippen molar-refractivity contribution in [3.8, 4) is 0 Å². The van der Waals surface area contributed by atoms with Crippen LogP contribution in [0.25, 0.3) is 10.2 Å². The molecule has 4 nitrogen and oxygen atoms in total. The smallest absolute Gasteiger partial charge is 0.307 e. The van der Waals surface area contributed by atoms with Gasteiger partial charge in [-0.1, -0.05) is 23.8 Å². The summed E-state index contributed by atoms with van der Waals surface area (Å²) in [6.07, 6.45) is 0.672. The number of fused-ring (bicyclic) bond motifs is 1. The predicted octanol–water partition coefficient (Wildman–Crippen LogP) is 3.45. The zero-order valence-electron chi connectivity index (χ0n) is 12.8. The minimum absolute atomic E-state index is 0.00327. The number of aromatic nitrogens is 1. The lowest BCUT2D eigenvalue weighted by molar-refractivity contribution is -0.119. The number of nitrogens with one attached hydrogen (secondary N) is 1. The lowest BCUT2D eigenvalue weighted by atomic mass is 10.0. The molecule has 1 heterocycles. The minimum atomic E-state index is -0.118. The van der Waals surface area contributed by atoms with Crippen LogP contribution >= 0.6 is 11.3 Å². The third-order valence-corrected chi connectivity index (χ3v) is 4.49. The largest absolute Gasteiger partial charge is 0.326 e. The molecule has 1 N–H and O–H groups in total. The van der Waals surface area contributed by atoms with Gasteiger partial charge in [0.15, 0.2) is 0 Å². The lowest BCUT2D eigenvalue weighted by Gasteiger charge is -2.14. The van der Waals surface area contributed by atoms with E-state index in [9.17, 15) is 9.59 Å². The van der Waals surface area contributed by atoms with Crippen LogP contribution in [0.1, 0.15) is 25.8 Å². The number of thiazole rings is 1. The molecule has 0 saturated heterocycles. The molecule has 1 unspecified atom stereocenters. The highest BCUT2D eigenvalue weighted by Crippen LogP contribution is 2.26. The van der Waals surface area contributed by atoms with Crippen LogP contribution < -0.4 is 10.2 Å². The van der Waals surface area contributed by atoms with Crippen molar-refractivity contribution < 1.29 is 4.79 Å². The van der Waals surface area contributed by atoms with E-state index in [1.54, 1.807) is 11.6 Å². The maximum Gasteiger partial charge on any atom is 0.307 e. The predicted molar refractivity (Wildman–Crippen MR) is 89.0 cm³/mol. The quantitative estimate of drug-likeness (QED) is 0.880. The molecule has 0 bridgehead atoms. The van der Waals surface area contributed by atoms with Gasteiger partial charge >= 0.3 is 4.87 Å². The zero-order valence-corrected chi connectivity index (χ0v) is 13.6. The number of carbonyl (C=O) groups excluding carboxylic acids is 1. The Morgan fingerprint density at radius 1 is 1.48 bits per heavy atom. The normalized spacial score (nSPS) is 12.4. The van der Waals surface area contributed by atoms with Crippen molar-refractivity contribution in [3.63, 3.8) is 0 Å². The number of aryl methyl sites for hydroxylation is 2. The van der Waals surface area contributed by atoms with Crippen molar-refractivity contribution >= 4 is 33.1 Å². The number of benzene rings is 1. The molecule has 0 aliphatic rings. The highest BCUT2D eigenvalue weighted by molar-refractivity contribution is 7.16. The molecule has 0 saturated carbocycles. The molecule has 1 aromatic carbocycles. The number of rotatable bonds is 4. The third kappa shape index (κ3) is 3.24. The molecule has 0 aliphatic heterocycles. The maximum atomic E-state index is 12.2. The summed E-state index contributed by atoms with van der Waals surface area (Å²) < 4.78 is 2.51. The van der Waals surface area contributed by atoms with Crippen molar-refractivity contribution in [2.45, 2.75) is 27.2 Å². The number of nitrogens with zero attached hydrogens (tertiary/aromatic N) is 1. The van der Waals surface area contributed by atoms with Crippen molar-refractivity contribution in [2.75, 3.05) is 5.32 Å². The van der Waals surface area contributed by atoms with Crippen molar-refractivity contribution in [2.24, 2.45) is 13.0 Å². The highest BCUT2D eigenvalue weighted by Gasteiger charge is 2.15. The van der Waals surface area contributed by atoms with Gasteiger partial charge in [-0.05, 0) is 38.0 Å². The van der Waals surface area contributed by atoms with Crippen LogP contribution in [0, 0.1) is 12.8 Å². The van der Waals surface area contributed by atoms with E-state index in [4.69, 9.17) is 0 Å². The lowest BCUT2D eigenvalue weighted by Crippen LogP contribution is -2.21. The van der Waals surface area contributed by atoms with E-state index in [1.165, 1.54) is 11.3 Å². The van der Waals surface area contributed by atoms with E-state index >= 15 is 0 Å². The second kappa shape index (κ2) is 5.85. The number of anilines is 1. The van der Waals surface area contributed by atoms with Gasteiger partial charge in [-0.15, -0.1) is 6.58 Å². The number of hydrogen-bond donors (Lipinski definition) is 1. The highest BCUT2D eigenvalue weighted by atomic mass is 32.1. The molecule has 1 amide bonds. The summed E-state index contributed by atoms with van der Waals surface area (Å²) in [6.45, 7) is 9.58. The van der Waals surface area contributed by atoms with Gasteiger partial charge in [-0.3, -0.25) is 9.59 Å². The molecule has 5 heteroatoms. The van der Waals surface area contributed by atoms with Crippen molar-refractivity contribution in [1.82, 2.24) is 4.57 Å². The van der Waals surface area contributed by atoms with Crippen molar-refractivity contribution in [1.29, 1.82) is 0 Å². The third-order valence-electron chi connectivity index (χ3n) is 3.50. The molecule has 0 aliphatic carbocycles. The van der Waals surface area contributed by atoms with Crippen LogP contribution in [0.15, 0.2) is 29.1 Å². The van der Waals surface area contributed by atoms with E-state index in [1.807, 2.05) is 32.9 Å². The van der Waals surface area contributed by atoms with Crippen LogP contribution in [0.4, 0.5) is 5.69 Å². The summed E-state index contributed by atoms with van der Waals surface area (Å²) >= 11 is 1.19. The Morgan fingerprint density at radius 3 is 2.76 bits per heavy atom. The van der Waals surface area contributed by atoms with Gasteiger partial charge in [0.2, 0.25) is 5.91 Å². The molecular formula is C16H20N2O2S. The van der Waals surface area contributed by atoms with Crippen LogP contribution in [0.3, 0.4) is 0 Å². The second-order valence-corrected chi connectivity index (χ2v) is 6.61. The van der Waals surface area contributed by atoms with Crippen LogP contribution in [0.5, 0.6) is 0 Å². The average molecular weight is 304 g/mol. The Balaban J connectivity index is 2.30. The Kier molecular flexibility index (Phi) is 4.32. The van der Waals surface area contributed by atoms with Gasteiger partial charge in [-0.25, -0.2) is 0 Å². The van der Waals surface area contributed by atoms with E-state index in [2.05, 4.69) is 11.9 Å². The summed E-state index contributed by atoms with van der Waals surface area (Å²) in [5, 5.41) is 2.95. The molecular weight excluding hydrogens is 284 g/mol. The minimum Gasteiger partial charge on any atom is -0.326 e. The van der Waals surface area contributed by atoms with Gasteiger partial charge < -0.3 is 9.88 Å². The van der Waals surface area contributed by atoms with Gasteiger partial charge in [0, 0.05) is 18.7 Å². The summed E-state index contributed by atoms with van der Waals surface area (Å²) in [6, 6.07) is 3.81. The monoisotopic (exact) mass is 304 g/mol. The fraction of sp³-hybridized carbons (Fsp3) is 0.375. The Morgan fingerprint density at radius 2 is 2.14 bits per heavy atom. The van der Waals surface area contributed by atoms with Gasteiger partial charge in [0.1, 0.15) is 0 Å². The number of allylic oxidation sites excluding steroid dienone is 1. The summed E-state index contributed by atoms with van der Waals surface area (Å²) in [7, 11) is 1.76. The first-order chi connectivity index (χ1) is 9.79. The van der Waals surface area contributed by atoms with Crippen molar-refractivity contribution in [3.05, 3.63) is 39.5 Å². The Labute approximate surface area is 128 Å². The fourth-order valence-corrected chi connectivity index (χ4v) is 3.18. The summed E-state index contributed by atoms with van der Waals surface area (Å²) in [5.41, 5.74) is 3.61. The Hall–Kier alpha value is -1.88. The van der Waals surface area contributed by atoms with Gasteiger partial charge in [-0.2, -0.15) is 0 Å². The standard InChI is InChI=1S/C16H20N2O2S/c1-9(2)6-11(4)15(19)17-12-8-14-13(7-10(12)3)18(5)16(20)21-14/h7-8,11H,1,6H2,2-5H3,(H,17,19). The summed E-state index contributed by atoms with van der Waals surface area (Å²) in [4.78, 5) is 23.9. The van der Waals surface area contributed by atoms with E-state index in [-0.39, 0.29) is 16.7 Å². The first kappa shape index (κ1) is 15.5. The molecule has 0 radical (unpaired) electrons. The number of carbonyl (C=O) groups is 1. The average Bonchev–Trinajstić information content (AvgIpc) is 2.65. The first-order valence-electron chi connectivity index (χ1n) is 6.85. The molecule has 2 aromatic rings. The maximum absolute atomic E-state index is 12.2. The van der Waals surface area contributed by atoms with Gasteiger partial charge in [0.05, 0.1) is 10.2 Å². The molecule has 2 rings (SSSR count). The van der Waals surface area contributed by atoms with E-state index in [0.29, 0.717) is 6.42 Å². The van der Waals surface area contributed by atoms with Crippen LogP contribution in [0.2, 0.25) is 0 Å². The second-order valence-electron chi connectivity index (χ2n) is 5.61. The zero-order chi connectivity index (χ0) is 15.7. The number of hydrogen-bond acceptors (Lipinski definition) is 3. The van der Waals surface area contributed by atoms with E-state index < -0.39 is 0 Å². The molecule has 0 fully saturated rings. The van der Waals surface area contributed by atoms with Crippen LogP contribution in [-0.2, 0) is 11.8 Å². The first-order valence-corrected chi connectivity index (χ1v) is 7.66. The topological polar surface area (TPSA) is 51.1 Å². The van der Waals surface area contributed by atoms with Crippen LogP contribution in [-0.4, -0.2) is 10.5 Å². The summed E-state index contributed by atoms with van der Waals surface area (Å²) in [5.74, 6) is -0.143. The molecule has 112 valence electrons.